The Morgan fingerprint density at radius 1 is 0.950 bits per heavy atom. The van der Waals surface area contributed by atoms with Gasteiger partial charge in [0.25, 0.3) is 0 Å². The van der Waals surface area contributed by atoms with Crippen LogP contribution in [0.5, 0.6) is 0 Å². The zero-order valence-electron chi connectivity index (χ0n) is 15.6. The van der Waals surface area contributed by atoms with Gasteiger partial charge in [0.15, 0.2) is 0 Å². The van der Waals surface area contributed by atoms with Crippen LogP contribution in [0.4, 0.5) is 0 Å². The molecule has 0 saturated heterocycles. The summed E-state index contributed by atoms with van der Waals surface area (Å²) in [5.41, 5.74) is 0.189. The van der Waals surface area contributed by atoms with E-state index in [0.29, 0.717) is 12.0 Å². The van der Waals surface area contributed by atoms with Crippen LogP contribution >= 0.6 is 0 Å². The van der Waals surface area contributed by atoms with Crippen LogP contribution in [0.1, 0.15) is 61.3 Å². The molecule has 0 atom stereocenters. The predicted octanol–water partition coefficient (Wildman–Crippen LogP) is 4.11. The molecule has 0 aliphatic rings. The highest BCUT2D eigenvalue weighted by Gasteiger charge is 2.26. The highest BCUT2D eigenvalue weighted by Crippen LogP contribution is 2.22. The van der Waals surface area contributed by atoms with Crippen LogP contribution in [0.2, 0.25) is 0 Å². The zero-order valence-corrected chi connectivity index (χ0v) is 15.6. The van der Waals surface area contributed by atoms with E-state index in [1.807, 2.05) is 27.7 Å². The van der Waals surface area contributed by atoms with Gasteiger partial charge in [-0.05, 0) is 33.6 Å². The van der Waals surface area contributed by atoms with Gasteiger partial charge >= 0.3 is 5.97 Å². The van der Waals surface area contributed by atoms with E-state index in [4.69, 9.17) is 4.74 Å². The Hall–Kier alpha value is -0.570. The van der Waals surface area contributed by atoms with E-state index < -0.39 is 0 Å². The van der Waals surface area contributed by atoms with Gasteiger partial charge in [0.2, 0.25) is 0 Å². The fourth-order valence-corrected chi connectivity index (χ4v) is 1.87. The van der Waals surface area contributed by atoms with Crippen molar-refractivity contribution in [3.63, 3.8) is 0 Å². The van der Waals surface area contributed by atoms with E-state index in [9.17, 15) is 4.79 Å². The van der Waals surface area contributed by atoms with Gasteiger partial charge in [-0.2, -0.15) is 0 Å². The summed E-state index contributed by atoms with van der Waals surface area (Å²) in [7, 11) is 6.74. The fraction of sp³-hybridized carbons (Fsp3) is 0.941. The van der Waals surface area contributed by atoms with E-state index in [1.165, 1.54) is 13.0 Å². The minimum absolute atomic E-state index is 0.0995. The van der Waals surface area contributed by atoms with Crippen molar-refractivity contribution in [3.8, 4) is 0 Å². The highest BCUT2D eigenvalue weighted by molar-refractivity contribution is 5.75. The van der Waals surface area contributed by atoms with E-state index in [1.54, 1.807) is 0 Å². The summed E-state index contributed by atoms with van der Waals surface area (Å²) in [6.07, 6.45) is 2.09. The largest absolute Gasteiger partial charge is 0.466 e. The second-order valence-corrected chi connectivity index (χ2v) is 7.92. The van der Waals surface area contributed by atoms with Gasteiger partial charge < -0.3 is 9.22 Å². The first-order chi connectivity index (χ1) is 8.81. The van der Waals surface area contributed by atoms with Crippen molar-refractivity contribution < 1.29 is 14.0 Å². The molecule has 0 saturated carbocycles. The molecule has 20 heavy (non-hydrogen) atoms. The van der Waals surface area contributed by atoms with Gasteiger partial charge in [0, 0.05) is 5.41 Å². The number of esters is 1. The molecule has 0 radical (unpaired) electrons. The monoisotopic (exact) mass is 288 g/mol. The summed E-state index contributed by atoms with van der Waals surface area (Å²) in [6, 6.07) is 0. The number of ether oxygens (including phenoxy) is 1. The van der Waals surface area contributed by atoms with Crippen LogP contribution in [0, 0.1) is 10.8 Å². The third-order valence-electron chi connectivity index (χ3n) is 3.57. The smallest absolute Gasteiger partial charge is 0.311 e. The molecule has 122 valence electrons. The molecule has 0 unspecified atom stereocenters. The lowest BCUT2D eigenvalue weighted by molar-refractivity contribution is -0.876. The number of carbonyl (C=O) groups is 1. The lowest BCUT2D eigenvalue weighted by Crippen LogP contribution is -2.42. The summed E-state index contributed by atoms with van der Waals surface area (Å²) in [4.78, 5) is 11.1. The number of nitrogens with zero attached hydrogens (tertiary/aromatic N) is 1. The van der Waals surface area contributed by atoms with Crippen molar-refractivity contribution in [1.29, 1.82) is 0 Å². The molecule has 3 heteroatoms. The Kier molecular flexibility index (Phi) is 9.40. The molecule has 3 nitrogen and oxygen atoms in total. The molecule has 0 bridgehead atoms. The lowest BCUT2D eigenvalue weighted by Gasteiger charge is -2.33. The van der Waals surface area contributed by atoms with Crippen molar-refractivity contribution >= 4 is 5.97 Å². The van der Waals surface area contributed by atoms with Gasteiger partial charge in [-0.25, -0.2) is 0 Å². The third-order valence-corrected chi connectivity index (χ3v) is 3.57. The van der Waals surface area contributed by atoms with Crippen molar-refractivity contribution in [1.82, 2.24) is 0 Å². The Morgan fingerprint density at radius 3 is 1.60 bits per heavy atom. The molecule has 0 fully saturated rings. The molecule has 0 amide bonds. The van der Waals surface area contributed by atoms with Crippen molar-refractivity contribution in [3.05, 3.63) is 0 Å². The Morgan fingerprint density at radius 2 is 1.40 bits per heavy atom. The van der Waals surface area contributed by atoms with E-state index >= 15 is 0 Å². The average molecular weight is 288 g/mol. The summed E-state index contributed by atoms with van der Waals surface area (Å²) in [5.74, 6) is -0.0995. The van der Waals surface area contributed by atoms with Crippen LogP contribution in [-0.2, 0) is 9.53 Å². The van der Waals surface area contributed by atoms with Gasteiger partial charge in [-0.1, -0.05) is 27.7 Å². The average Bonchev–Trinajstić information content (AvgIpc) is 2.27. The number of rotatable bonds is 6. The van der Waals surface area contributed by atoms with Gasteiger partial charge in [0.05, 0.1) is 39.7 Å². The number of hydrogen-bond acceptors (Lipinski definition) is 2. The summed E-state index contributed by atoms with van der Waals surface area (Å²) in [5, 5.41) is 0. The molecule has 0 spiro atoms. The molecule has 0 aromatic heterocycles. The maximum Gasteiger partial charge on any atom is 0.311 e. The lowest BCUT2D eigenvalue weighted by atomic mass is 9.89. The summed E-state index contributed by atoms with van der Waals surface area (Å²) < 4.78 is 5.93. The van der Waals surface area contributed by atoms with Crippen LogP contribution in [0.25, 0.3) is 0 Å². The Bertz CT molecular complexity index is 275. The minimum Gasteiger partial charge on any atom is -0.466 e. The van der Waals surface area contributed by atoms with E-state index in [2.05, 4.69) is 41.9 Å². The molecule has 0 aliphatic carbocycles. The van der Waals surface area contributed by atoms with Crippen molar-refractivity contribution in [2.75, 3.05) is 34.3 Å². The normalized spacial score (nSPS) is 12.5. The minimum atomic E-state index is -0.310. The first kappa shape index (κ1) is 21.7. The topological polar surface area (TPSA) is 26.3 Å². The SMILES string of the molecule is CCC(C)(C)C[N+](C)(C)C.CCOC(=O)C(C)(C)CC. The van der Waals surface area contributed by atoms with Crippen LogP contribution in [0.3, 0.4) is 0 Å². The molecular formula is C17H38NO2+. The second-order valence-electron chi connectivity index (χ2n) is 7.92. The first-order valence-corrected chi connectivity index (χ1v) is 7.79. The number of hydrogen-bond donors (Lipinski definition) is 0. The van der Waals surface area contributed by atoms with Crippen molar-refractivity contribution in [2.45, 2.75) is 61.3 Å². The van der Waals surface area contributed by atoms with Crippen molar-refractivity contribution in [2.24, 2.45) is 10.8 Å². The molecule has 0 aromatic rings. The van der Waals surface area contributed by atoms with E-state index in [0.717, 1.165) is 10.9 Å². The van der Waals surface area contributed by atoms with E-state index in [-0.39, 0.29) is 11.4 Å². The standard InChI is InChI=1S/C9H22N.C8H16O2/c1-7-9(2,3)8-10(4,5)6;1-5-8(3,4)7(9)10-6-2/h7-8H2,1-6H3;5-6H2,1-4H3/q+1;. The predicted molar refractivity (Wildman–Crippen MR) is 87.7 cm³/mol. The van der Waals surface area contributed by atoms with Gasteiger partial charge in [-0.15, -0.1) is 0 Å². The van der Waals surface area contributed by atoms with Crippen LogP contribution in [0.15, 0.2) is 0 Å². The first-order valence-electron chi connectivity index (χ1n) is 7.79. The van der Waals surface area contributed by atoms with Crippen LogP contribution < -0.4 is 0 Å². The molecule has 0 rings (SSSR count). The van der Waals surface area contributed by atoms with Gasteiger partial charge in [-0.3, -0.25) is 4.79 Å². The molecular weight excluding hydrogens is 250 g/mol. The highest BCUT2D eigenvalue weighted by atomic mass is 16.5. The number of quaternary nitrogens is 1. The molecule has 0 aromatic carbocycles. The maximum absolute atomic E-state index is 11.1. The molecule has 0 N–H and O–H groups in total. The fourth-order valence-electron chi connectivity index (χ4n) is 1.87. The number of carbonyl (C=O) groups excluding carboxylic acids is 1. The Balaban J connectivity index is 0. The second kappa shape index (κ2) is 8.66. The summed E-state index contributed by atoms with van der Waals surface area (Å²) >= 11 is 0. The maximum atomic E-state index is 11.1. The van der Waals surface area contributed by atoms with Crippen LogP contribution in [-0.4, -0.2) is 44.7 Å². The van der Waals surface area contributed by atoms with Gasteiger partial charge in [0.1, 0.15) is 0 Å². The third kappa shape index (κ3) is 11.3. The molecule has 0 aliphatic heterocycles. The summed E-state index contributed by atoms with van der Waals surface area (Å²) in [6.45, 7) is 16.2. The quantitative estimate of drug-likeness (QED) is 0.543. The molecule has 0 heterocycles. The zero-order chi connectivity index (χ0) is 16.6. The Labute approximate surface area is 127 Å².